The molecule has 0 amide bonds. The molecular formula is C34H74NO6Si+. The van der Waals surface area contributed by atoms with E-state index in [1.165, 1.54) is 109 Å². The fraction of sp³-hybridized carbons (Fsp3) is 1.00. The van der Waals surface area contributed by atoms with Crippen molar-refractivity contribution < 1.29 is 33.0 Å². The second-order valence-electron chi connectivity index (χ2n) is 13.0. The van der Waals surface area contributed by atoms with E-state index in [4.69, 9.17) is 23.4 Å². The Balaban J connectivity index is 3.91. The summed E-state index contributed by atoms with van der Waals surface area (Å²) in [6, 6.07) is 0.987. The smallest absolute Gasteiger partial charge is 0.335 e. The number of aliphatic hydroxyl groups excluding tert-OH is 2. The number of unbranched alkanes of at least 4 members (excludes halogenated alkanes) is 15. The molecule has 0 aliphatic heterocycles. The van der Waals surface area contributed by atoms with Crippen LogP contribution in [0.2, 0.25) is 12.6 Å². The van der Waals surface area contributed by atoms with E-state index in [0.29, 0.717) is 32.8 Å². The van der Waals surface area contributed by atoms with Crippen molar-refractivity contribution in [3.63, 3.8) is 0 Å². The molecule has 0 aromatic carbocycles. The molecule has 0 radical (unpaired) electrons. The molecule has 2 N–H and O–H groups in total. The largest absolute Gasteiger partial charge is 0.396 e. The Morgan fingerprint density at radius 3 is 1.64 bits per heavy atom. The van der Waals surface area contributed by atoms with Crippen LogP contribution in [0.1, 0.15) is 129 Å². The van der Waals surface area contributed by atoms with E-state index in [1.54, 1.807) is 0 Å². The van der Waals surface area contributed by atoms with Gasteiger partial charge in [0, 0.05) is 13.2 Å². The molecule has 0 saturated carbocycles. The Hall–Kier alpha value is -0.0631. The van der Waals surface area contributed by atoms with Gasteiger partial charge in [0.15, 0.2) is 0 Å². The van der Waals surface area contributed by atoms with Gasteiger partial charge in [-0.2, -0.15) is 0 Å². The molecule has 0 spiro atoms. The van der Waals surface area contributed by atoms with Gasteiger partial charge in [-0.1, -0.05) is 96.8 Å². The Morgan fingerprint density at radius 1 is 0.619 bits per heavy atom. The minimum atomic E-state index is -2.25. The first-order valence-electron chi connectivity index (χ1n) is 17.8. The zero-order valence-electron chi connectivity index (χ0n) is 28.9. The fourth-order valence-corrected chi connectivity index (χ4v) is 7.93. The van der Waals surface area contributed by atoms with Crippen LogP contribution in [0.5, 0.6) is 0 Å². The van der Waals surface area contributed by atoms with Gasteiger partial charge in [0.2, 0.25) is 0 Å². The summed E-state index contributed by atoms with van der Waals surface area (Å²) in [6.07, 6.45) is 24.1. The number of aliphatic hydroxyl groups is 2. The van der Waals surface area contributed by atoms with Crippen LogP contribution in [0.25, 0.3) is 0 Å². The second kappa shape index (κ2) is 29.6. The van der Waals surface area contributed by atoms with E-state index in [1.807, 2.05) is 6.92 Å². The predicted molar refractivity (Wildman–Crippen MR) is 179 cm³/mol. The van der Waals surface area contributed by atoms with Gasteiger partial charge in [-0.3, -0.25) is 0 Å². The number of hydrogen-bond acceptors (Lipinski definition) is 6. The number of quaternary nitrogens is 1. The predicted octanol–water partition coefficient (Wildman–Crippen LogP) is 7.62. The standard InChI is InChI=1S/C34H74NO6Si/c1-6-8-9-10-11-12-13-14-15-16-17-18-19-20-21-22-25-35(3,4)26-23-32-42(5,40-7-2)41-31-30-39-34(24-27-36)33-38-29-28-37/h34,36-37H,6-33H2,1-5H3/q+1. The normalized spacial score (nSPS) is 14.4. The maximum Gasteiger partial charge on any atom is 0.335 e. The van der Waals surface area contributed by atoms with Crippen molar-refractivity contribution in [2.45, 2.75) is 148 Å². The number of ether oxygens (including phenoxy) is 2. The SMILES string of the molecule is CCCCCCCCCCCCCCCCCC[N+](C)(C)CCC[Si](C)(OCC)OCCOC(CCO)COCCO. The van der Waals surface area contributed by atoms with Crippen molar-refractivity contribution >= 4 is 8.56 Å². The van der Waals surface area contributed by atoms with Gasteiger partial charge >= 0.3 is 8.56 Å². The average Bonchev–Trinajstić information content (AvgIpc) is 2.95. The van der Waals surface area contributed by atoms with Crippen LogP contribution in [0.15, 0.2) is 0 Å². The molecule has 254 valence electrons. The summed E-state index contributed by atoms with van der Waals surface area (Å²) in [4.78, 5) is 0. The number of rotatable bonds is 34. The maximum atomic E-state index is 9.25. The van der Waals surface area contributed by atoms with Gasteiger partial charge in [-0.15, -0.1) is 0 Å². The fourth-order valence-electron chi connectivity index (χ4n) is 5.63. The van der Waals surface area contributed by atoms with Gasteiger partial charge in [-0.05, 0) is 45.2 Å². The number of nitrogens with zero attached hydrogens (tertiary/aromatic N) is 1. The quantitative estimate of drug-likeness (QED) is 0.0438. The molecule has 2 atom stereocenters. The van der Waals surface area contributed by atoms with E-state index >= 15 is 0 Å². The van der Waals surface area contributed by atoms with Gasteiger partial charge in [0.25, 0.3) is 0 Å². The summed E-state index contributed by atoms with van der Waals surface area (Å²) >= 11 is 0. The summed E-state index contributed by atoms with van der Waals surface area (Å²) in [5.41, 5.74) is 0. The second-order valence-corrected chi connectivity index (χ2v) is 16.4. The highest BCUT2D eigenvalue weighted by atomic mass is 28.4. The van der Waals surface area contributed by atoms with Crippen LogP contribution in [-0.2, 0) is 18.3 Å². The molecule has 0 aliphatic carbocycles. The minimum Gasteiger partial charge on any atom is -0.396 e. The molecule has 0 aromatic heterocycles. The highest BCUT2D eigenvalue weighted by molar-refractivity contribution is 6.66. The van der Waals surface area contributed by atoms with Crippen LogP contribution in [0.3, 0.4) is 0 Å². The van der Waals surface area contributed by atoms with E-state index in [0.717, 1.165) is 23.5 Å². The highest BCUT2D eigenvalue weighted by Gasteiger charge is 2.32. The molecule has 0 fully saturated rings. The van der Waals surface area contributed by atoms with E-state index in [9.17, 15) is 5.11 Å². The summed E-state index contributed by atoms with van der Waals surface area (Å²) in [6.45, 7) is 11.2. The van der Waals surface area contributed by atoms with Crippen LogP contribution < -0.4 is 0 Å². The van der Waals surface area contributed by atoms with Crippen molar-refractivity contribution in [1.82, 2.24) is 0 Å². The third-order valence-corrected chi connectivity index (χ3v) is 11.3. The van der Waals surface area contributed by atoms with Gasteiger partial charge in [-0.25, -0.2) is 0 Å². The first kappa shape index (κ1) is 41.9. The lowest BCUT2D eigenvalue weighted by Crippen LogP contribution is -2.44. The molecule has 0 rings (SSSR count). The Labute approximate surface area is 262 Å². The molecule has 42 heavy (non-hydrogen) atoms. The summed E-state index contributed by atoms with van der Waals surface area (Å²) in [7, 11) is 2.47. The molecule has 0 aromatic rings. The Morgan fingerprint density at radius 2 is 1.14 bits per heavy atom. The molecule has 2 unspecified atom stereocenters. The first-order chi connectivity index (χ1) is 20.3. The third kappa shape index (κ3) is 27.5. The summed E-state index contributed by atoms with van der Waals surface area (Å²) < 4.78 is 24.7. The molecule has 0 saturated heterocycles. The van der Waals surface area contributed by atoms with Crippen LogP contribution in [-0.4, -0.2) is 103 Å². The topological polar surface area (TPSA) is 77.4 Å². The Bertz CT molecular complexity index is 556. The molecule has 7 nitrogen and oxygen atoms in total. The molecule has 0 bridgehead atoms. The van der Waals surface area contributed by atoms with Crippen molar-refractivity contribution in [3.05, 3.63) is 0 Å². The summed E-state index contributed by atoms with van der Waals surface area (Å²) in [5.74, 6) is 0. The monoisotopic (exact) mass is 621 g/mol. The maximum absolute atomic E-state index is 9.25. The zero-order valence-corrected chi connectivity index (χ0v) is 29.9. The highest BCUT2D eigenvalue weighted by Crippen LogP contribution is 2.19. The molecule has 8 heteroatoms. The van der Waals surface area contributed by atoms with E-state index < -0.39 is 8.56 Å². The van der Waals surface area contributed by atoms with Crippen LogP contribution in [0.4, 0.5) is 0 Å². The lowest BCUT2D eigenvalue weighted by Gasteiger charge is -2.32. The Kier molecular flexibility index (Phi) is 29.6. The lowest BCUT2D eigenvalue weighted by molar-refractivity contribution is -0.890. The summed E-state index contributed by atoms with van der Waals surface area (Å²) in [5, 5.41) is 18.1. The minimum absolute atomic E-state index is 0.0116. The first-order valence-corrected chi connectivity index (χ1v) is 20.4. The molecule has 0 heterocycles. The van der Waals surface area contributed by atoms with Gasteiger partial charge in [0.05, 0.1) is 66.3 Å². The van der Waals surface area contributed by atoms with Crippen LogP contribution in [0, 0.1) is 0 Å². The molecular weight excluding hydrogens is 546 g/mol. The molecule has 0 aliphatic rings. The van der Waals surface area contributed by atoms with E-state index in [2.05, 4.69) is 27.6 Å². The number of hydrogen-bond donors (Lipinski definition) is 2. The van der Waals surface area contributed by atoms with Crippen molar-refractivity contribution in [3.8, 4) is 0 Å². The third-order valence-electron chi connectivity index (χ3n) is 8.30. The van der Waals surface area contributed by atoms with Gasteiger partial charge in [0.1, 0.15) is 0 Å². The van der Waals surface area contributed by atoms with Crippen LogP contribution >= 0.6 is 0 Å². The van der Waals surface area contributed by atoms with Crippen molar-refractivity contribution in [1.29, 1.82) is 0 Å². The average molecular weight is 621 g/mol. The lowest BCUT2D eigenvalue weighted by atomic mass is 10.0. The van der Waals surface area contributed by atoms with Crippen molar-refractivity contribution in [2.24, 2.45) is 0 Å². The van der Waals surface area contributed by atoms with E-state index in [-0.39, 0.29) is 25.9 Å². The van der Waals surface area contributed by atoms with Crippen molar-refractivity contribution in [2.75, 3.05) is 73.4 Å². The zero-order chi connectivity index (χ0) is 31.2. The van der Waals surface area contributed by atoms with Gasteiger partial charge < -0.3 is 33.0 Å².